The highest BCUT2D eigenvalue weighted by Crippen LogP contribution is 1.94. The Kier molecular flexibility index (Phi) is 3.99. The van der Waals surface area contributed by atoms with Gasteiger partial charge in [0, 0.05) is 0 Å². The Bertz CT molecular complexity index is 148. The summed E-state index contributed by atoms with van der Waals surface area (Å²) in [5, 5.41) is -0.731. The van der Waals surface area contributed by atoms with E-state index in [1.165, 1.54) is 7.11 Å². The lowest BCUT2D eigenvalue weighted by Crippen LogP contribution is -2.30. The number of halogens is 1. The van der Waals surface area contributed by atoms with E-state index >= 15 is 0 Å². The lowest BCUT2D eigenvalue weighted by Gasteiger charge is -2.02. The van der Waals surface area contributed by atoms with E-state index in [-0.39, 0.29) is 6.42 Å². The van der Waals surface area contributed by atoms with Crippen molar-refractivity contribution in [3.63, 3.8) is 0 Å². The molecule has 1 unspecified atom stereocenters. The van der Waals surface area contributed by atoms with Gasteiger partial charge in [-0.25, -0.2) is 0 Å². The fraction of sp³-hybridized carbons (Fsp3) is 0.600. The summed E-state index contributed by atoms with van der Waals surface area (Å²) in [6.45, 7) is 0. The number of carbonyl (C=O) groups is 2. The van der Waals surface area contributed by atoms with Gasteiger partial charge in [0.25, 0.3) is 0 Å². The average Bonchev–Trinajstić information content (AvgIpc) is 1.87. The molecule has 0 fully saturated rings. The molecule has 0 rings (SSSR count). The predicted octanol–water partition coefficient (Wildman–Crippen LogP) is -0.358. The first-order valence-corrected chi connectivity index (χ1v) is 2.97. The smallest absolute Gasteiger partial charge is 0.307 e. The third kappa shape index (κ3) is 3.42. The van der Waals surface area contributed by atoms with Crippen LogP contribution >= 0.6 is 11.6 Å². The second-order valence-corrected chi connectivity index (χ2v) is 2.06. The highest BCUT2D eigenvalue weighted by atomic mass is 35.5. The third-order valence-corrected chi connectivity index (χ3v) is 1.19. The Morgan fingerprint density at radius 2 is 2.20 bits per heavy atom. The minimum absolute atomic E-state index is 0.168. The van der Waals surface area contributed by atoms with Crippen molar-refractivity contribution in [3.8, 4) is 0 Å². The molecule has 0 radical (unpaired) electrons. The van der Waals surface area contributed by atoms with E-state index in [9.17, 15) is 9.59 Å². The lowest BCUT2D eigenvalue weighted by molar-refractivity contribution is -0.141. The second kappa shape index (κ2) is 4.24. The number of nitrogens with two attached hydrogens (primary N) is 1. The van der Waals surface area contributed by atoms with Crippen LogP contribution in [0.1, 0.15) is 6.42 Å². The monoisotopic (exact) mass is 165 g/mol. The summed E-state index contributed by atoms with van der Waals surface area (Å²) in [5.41, 5.74) is 5.11. The van der Waals surface area contributed by atoms with Crippen LogP contribution in [0, 0.1) is 0 Å². The quantitative estimate of drug-likeness (QED) is 0.458. The Hall–Kier alpha value is -0.610. The van der Waals surface area contributed by atoms with Crippen LogP contribution < -0.4 is 5.73 Å². The SMILES string of the molecule is COC(=O)CC(N)C(=O)Cl. The number of ether oxygens (including phenoxy) is 1. The van der Waals surface area contributed by atoms with E-state index in [1.807, 2.05) is 0 Å². The zero-order valence-corrected chi connectivity index (χ0v) is 6.22. The standard InChI is InChI=1S/C5H8ClNO3/c1-10-4(8)2-3(7)5(6)9/h3H,2,7H2,1H3. The van der Waals surface area contributed by atoms with Crippen LogP contribution in [0.15, 0.2) is 0 Å². The molecule has 0 spiro atoms. The number of methoxy groups -OCH3 is 1. The van der Waals surface area contributed by atoms with Crippen molar-refractivity contribution in [1.82, 2.24) is 0 Å². The normalized spacial score (nSPS) is 12.3. The highest BCUT2D eigenvalue weighted by molar-refractivity contribution is 6.64. The van der Waals surface area contributed by atoms with E-state index in [2.05, 4.69) is 4.74 Å². The summed E-state index contributed by atoms with van der Waals surface area (Å²) >= 11 is 4.96. The predicted molar refractivity (Wildman–Crippen MR) is 35.5 cm³/mol. The van der Waals surface area contributed by atoms with Gasteiger partial charge in [-0.15, -0.1) is 0 Å². The topological polar surface area (TPSA) is 69.4 Å². The summed E-state index contributed by atoms with van der Waals surface area (Å²) in [5.74, 6) is -0.540. The number of hydrogen-bond donors (Lipinski definition) is 1. The fourth-order valence-electron chi connectivity index (χ4n) is 0.343. The molecule has 0 saturated heterocycles. The van der Waals surface area contributed by atoms with Gasteiger partial charge in [-0.3, -0.25) is 9.59 Å². The molecule has 0 aliphatic heterocycles. The molecule has 5 heteroatoms. The molecule has 0 aromatic carbocycles. The van der Waals surface area contributed by atoms with Gasteiger partial charge in [0.15, 0.2) is 0 Å². The van der Waals surface area contributed by atoms with Crippen molar-refractivity contribution >= 4 is 22.8 Å². The van der Waals surface area contributed by atoms with Crippen molar-refractivity contribution in [3.05, 3.63) is 0 Å². The van der Waals surface area contributed by atoms with Crippen molar-refractivity contribution in [1.29, 1.82) is 0 Å². The Morgan fingerprint density at radius 3 is 2.50 bits per heavy atom. The van der Waals surface area contributed by atoms with Crippen molar-refractivity contribution in [2.45, 2.75) is 12.5 Å². The molecule has 0 amide bonds. The van der Waals surface area contributed by atoms with Gasteiger partial charge >= 0.3 is 5.97 Å². The van der Waals surface area contributed by atoms with E-state index < -0.39 is 17.3 Å². The summed E-state index contributed by atoms with van der Waals surface area (Å²) < 4.78 is 4.24. The van der Waals surface area contributed by atoms with E-state index in [0.29, 0.717) is 0 Å². The molecule has 0 aromatic rings. The van der Waals surface area contributed by atoms with E-state index in [0.717, 1.165) is 0 Å². The van der Waals surface area contributed by atoms with Crippen LogP contribution in [-0.4, -0.2) is 24.4 Å². The number of esters is 1. The molecular formula is C5H8ClNO3. The Morgan fingerprint density at radius 1 is 1.70 bits per heavy atom. The maximum Gasteiger partial charge on any atom is 0.307 e. The Balaban J connectivity index is 3.68. The molecule has 0 bridgehead atoms. The highest BCUT2D eigenvalue weighted by Gasteiger charge is 2.14. The first-order valence-electron chi connectivity index (χ1n) is 2.59. The second-order valence-electron chi connectivity index (χ2n) is 1.69. The maximum absolute atomic E-state index is 10.4. The van der Waals surface area contributed by atoms with Crippen molar-refractivity contribution < 1.29 is 14.3 Å². The van der Waals surface area contributed by atoms with Crippen molar-refractivity contribution in [2.75, 3.05) is 7.11 Å². The minimum atomic E-state index is -0.950. The lowest BCUT2D eigenvalue weighted by atomic mass is 10.2. The summed E-state index contributed by atoms with van der Waals surface area (Å²) in [4.78, 5) is 20.6. The first-order chi connectivity index (χ1) is 4.57. The molecule has 0 saturated carbocycles. The number of rotatable bonds is 3. The van der Waals surface area contributed by atoms with E-state index in [4.69, 9.17) is 17.3 Å². The number of hydrogen-bond acceptors (Lipinski definition) is 4. The van der Waals surface area contributed by atoms with Gasteiger partial charge in [-0.05, 0) is 11.6 Å². The zero-order chi connectivity index (χ0) is 8.15. The largest absolute Gasteiger partial charge is 0.469 e. The van der Waals surface area contributed by atoms with Crippen molar-refractivity contribution in [2.24, 2.45) is 5.73 Å². The van der Waals surface area contributed by atoms with Gasteiger partial charge in [0.2, 0.25) is 5.24 Å². The summed E-state index contributed by atoms with van der Waals surface area (Å²) in [6, 6.07) is -0.950. The van der Waals surface area contributed by atoms with Gasteiger partial charge in [0.05, 0.1) is 19.6 Å². The maximum atomic E-state index is 10.4. The summed E-state index contributed by atoms with van der Waals surface area (Å²) in [6.07, 6.45) is -0.168. The molecule has 10 heavy (non-hydrogen) atoms. The minimum Gasteiger partial charge on any atom is -0.469 e. The molecule has 0 aliphatic carbocycles. The first kappa shape index (κ1) is 9.39. The van der Waals surface area contributed by atoms with Crippen LogP contribution in [0.5, 0.6) is 0 Å². The summed E-state index contributed by atoms with van der Waals surface area (Å²) in [7, 11) is 1.22. The Labute approximate surface area is 63.3 Å². The van der Waals surface area contributed by atoms with Crippen LogP contribution in [0.3, 0.4) is 0 Å². The average molecular weight is 166 g/mol. The van der Waals surface area contributed by atoms with Crippen LogP contribution in [-0.2, 0) is 14.3 Å². The zero-order valence-electron chi connectivity index (χ0n) is 5.46. The molecule has 0 aliphatic rings. The fourth-order valence-corrected chi connectivity index (χ4v) is 0.420. The molecular weight excluding hydrogens is 158 g/mol. The van der Waals surface area contributed by atoms with Gasteiger partial charge < -0.3 is 10.5 Å². The van der Waals surface area contributed by atoms with E-state index in [1.54, 1.807) is 0 Å². The molecule has 58 valence electrons. The molecule has 4 nitrogen and oxygen atoms in total. The van der Waals surface area contributed by atoms with Gasteiger partial charge in [-0.1, -0.05) is 0 Å². The van der Waals surface area contributed by atoms with Gasteiger partial charge in [0.1, 0.15) is 0 Å². The molecule has 1 atom stereocenters. The van der Waals surface area contributed by atoms with Gasteiger partial charge in [-0.2, -0.15) is 0 Å². The third-order valence-electron chi connectivity index (χ3n) is 0.906. The molecule has 0 heterocycles. The molecule has 0 aromatic heterocycles. The number of carbonyl (C=O) groups excluding carboxylic acids is 2. The van der Waals surface area contributed by atoms with Crippen LogP contribution in [0.4, 0.5) is 0 Å². The molecule has 2 N–H and O–H groups in total. The van der Waals surface area contributed by atoms with Crippen LogP contribution in [0.2, 0.25) is 0 Å². The van der Waals surface area contributed by atoms with Crippen LogP contribution in [0.25, 0.3) is 0 Å².